The van der Waals surface area contributed by atoms with Gasteiger partial charge >= 0.3 is 0 Å². The molecule has 0 radical (unpaired) electrons. The molecule has 3 aromatic rings. The van der Waals surface area contributed by atoms with E-state index in [1.807, 2.05) is 0 Å². The number of fused-ring (bicyclic) bond motifs is 1. The first-order chi connectivity index (χ1) is 10.1. The number of rotatable bonds is 2. The molecule has 0 atom stereocenters. The van der Waals surface area contributed by atoms with Gasteiger partial charge in [0.15, 0.2) is 0 Å². The van der Waals surface area contributed by atoms with Gasteiger partial charge in [0.2, 0.25) is 0 Å². The van der Waals surface area contributed by atoms with Gasteiger partial charge in [-0.25, -0.2) is 4.98 Å². The summed E-state index contributed by atoms with van der Waals surface area (Å²) in [4.78, 5) is 8.06. The number of nitrogens with one attached hydrogen (secondary N) is 1. The Morgan fingerprint density at radius 2 is 1.76 bits per heavy atom. The highest BCUT2D eigenvalue weighted by Crippen LogP contribution is 2.28. The maximum atomic E-state index is 5.49. The summed E-state index contributed by atoms with van der Waals surface area (Å²) in [6, 6.07) is 14.6. The number of aromatic amines is 1. The molecule has 21 heavy (non-hydrogen) atoms. The smallest absolute Gasteiger partial charge is 0.139 e. The molecule has 0 spiro atoms. The fourth-order valence-electron chi connectivity index (χ4n) is 2.83. The highest BCUT2D eigenvalue weighted by Gasteiger charge is 2.11. The van der Waals surface area contributed by atoms with Crippen LogP contribution in [0.3, 0.4) is 0 Å². The summed E-state index contributed by atoms with van der Waals surface area (Å²) in [6.07, 6.45) is 0. The number of aryl methyl sites for hydroxylation is 1. The average Bonchev–Trinajstić information content (AvgIpc) is 2.45. The third-order valence-corrected chi connectivity index (χ3v) is 4.09. The molecule has 0 saturated carbocycles. The molecular formula is C18H18N2S. The summed E-state index contributed by atoms with van der Waals surface area (Å²) in [5.74, 6) is 1.22. The minimum absolute atomic E-state index is 0.378. The Morgan fingerprint density at radius 3 is 2.48 bits per heavy atom. The number of hydrogen-bond donors (Lipinski definition) is 1. The zero-order chi connectivity index (χ0) is 15.0. The van der Waals surface area contributed by atoms with Gasteiger partial charge in [-0.1, -0.05) is 68.5 Å². The molecule has 106 valence electrons. The lowest BCUT2D eigenvalue weighted by molar-refractivity contribution is 0.825. The second kappa shape index (κ2) is 5.41. The molecule has 1 aromatic heterocycles. The van der Waals surface area contributed by atoms with Crippen LogP contribution in [0.5, 0.6) is 0 Å². The van der Waals surface area contributed by atoms with Crippen molar-refractivity contribution in [1.29, 1.82) is 0 Å². The van der Waals surface area contributed by atoms with Crippen molar-refractivity contribution in [3.8, 4) is 11.4 Å². The van der Waals surface area contributed by atoms with E-state index in [1.165, 1.54) is 10.8 Å². The van der Waals surface area contributed by atoms with Crippen molar-refractivity contribution in [3.05, 3.63) is 58.4 Å². The van der Waals surface area contributed by atoms with Crippen LogP contribution in [-0.2, 0) is 0 Å². The molecule has 0 bridgehead atoms. The zero-order valence-corrected chi connectivity index (χ0v) is 13.3. The van der Waals surface area contributed by atoms with Gasteiger partial charge < -0.3 is 4.98 Å². The normalized spacial score (nSPS) is 11.2. The van der Waals surface area contributed by atoms with Crippen molar-refractivity contribution in [2.45, 2.75) is 26.7 Å². The van der Waals surface area contributed by atoms with Crippen LogP contribution in [-0.4, -0.2) is 9.97 Å². The third-order valence-electron chi connectivity index (χ3n) is 3.78. The second-order valence-electron chi connectivity index (χ2n) is 5.61. The third kappa shape index (κ3) is 2.49. The molecule has 2 nitrogen and oxygen atoms in total. The van der Waals surface area contributed by atoms with Crippen molar-refractivity contribution < 1.29 is 0 Å². The minimum Gasteiger partial charge on any atom is -0.343 e. The number of H-pyrrole nitrogens is 1. The lowest BCUT2D eigenvalue weighted by Gasteiger charge is -2.13. The molecule has 0 saturated heterocycles. The Balaban J connectivity index is 2.27. The van der Waals surface area contributed by atoms with E-state index in [0.29, 0.717) is 10.6 Å². The van der Waals surface area contributed by atoms with Crippen LogP contribution in [0, 0.1) is 11.6 Å². The summed E-state index contributed by atoms with van der Waals surface area (Å²) >= 11 is 5.49. The van der Waals surface area contributed by atoms with Crippen molar-refractivity contribution >= 4 is 23.0 Å². The number of nitrogens with zero attached hydrogens (tertiary/aromatic N) is 1. The van der Waals surface area contributed by atoms with E-state index in [1.54, 1.807) is 0 Å². The number of benzene rings is 2. The fraction of sp³-hybridized carbons (Fsp3) is 0.222. The van der Waals surface area contributed by atoms with E-state index in [0.717, 1.165) is 22.6 Å². The quantitative estimate of drug-likeness (QED) is 0.642. The van der Waals surface area contributed by atoms with Crippen LogP contribution >= 0.6 is 12.2 Å². The molecule has 3 rings (SSSR count). The summed E-state index contributed by atoms with van der Waals surface area (Å²) in [5, 5.41) is 2.40. The highest BCUT2D eigenvalue weighted by molar-refractivity contribution is 7.71. The molecule has 0 amide bonds. The van der Waals surface area contributed by atoms with Gasteiger partial charge in [-0.05, 0) is 23.6 Å². The van der Waals surface area contributed by atoms with Gasteiger partial charge in [-0.2, -0.15) is 0 Å². The van der Waals surface area contributed by atoms with Crippen molar-refractivity contribution in [2.75, 3.05) is 0 Å². The largest absolute Gasteiger partial charge is 0.343 e. The van der Waals surface area contributed by atoms with Crippen LogP contribution < -0.4 is 0 Å². The van der Waals surface area contributed by atoms with Gasteiger partial charge in [0.1, 0.15) is 10.5 Å². The lowest BCUT2D eigenvalue weighted by Crippen LogP contribution is -2.02. The standard InChI is InChI=1S/C18H18N2S/c1-11(2)16-12(3)19-17(20-18(16)21)15-10-6-8-13-7-4-5-9-14(13)15/h4-11H,1-3H3,(H,19,20,21). The number of hydrogen-bond acceptors (Lipinski definition) is 2. The van der Waals surface area contributed by atoms with Crippen LogP contribution in [0.15, 0.2) is 42.5 Å². The molecule has 0 aliphatic rings. The Hall–Kier alpha value is -2.00. The maximum absolute atomic E-state index is 5.49. The van der Waals surface area contributed by atoms with Crippen LogP contribution in [0.4, 0.5) is 0 Å². The SMILES string of the molecule is Cc1[nH]c(-c2cccc3ccccc23)nc(=S)c1C(C)C. The van der Waals surface area contributed by atoms with E-state index in [2.05, 4.69) is 73.2 Å². The summed E-state index contributed by atoms with van der Waals surface area (Å²) < 4.78 is 0.698. The molecular weight excluding hydrogens is 276 g/mol. The van der Waals surface area contributed by atoms with E-state index < -0.39 is 0 Å². The van der Waals surface area contributed by atoms with Gasteiger partial charge in [0.25, 0.3) is 0 Å². The predicted octanol–water partition coefficient (Wildman–Crippen LogP) is 5.39. The molecule has 1 heterocycles. The van der Waals surface area contributed by atoms with Crippen molar-refractivity contribution in [3.63, 3.8) is 0 Å². The first-order valence-electron chi connectivity index (χ1n) is 7.17. The predicted molar refractivity (Wildman–Crippen MR) is 91.2 cm³/mol. The molecule has 3 heteroatoms. The molecule has 0 fully saturated rings. The highest BCUT2D eigenvalue weighted by atomic mass is 32.1. The summed E-state index contributed by atoms with van der Waals surface area (Å²) in [7, 11) is 0. The second-order valence-corrected chi connectivity index (χ2v) is 6.00. The van der Waals surface area contributed by atoms with Crippen LogP contribution in [0.2, 0.25) is 0 Å². The van der Waals surface area contributed by atoms with Crippen molar-refractivity contribution in [2.24, 2.45) is 0 Å². The van der Waals surface area contributed by atoms with Crippen LogP contribution in [0.25, 0.3) is 22.2 Å². The van der Waals surface area contributed by atoms with E-state index in [4.69, 9.17) is 12.2 Å². The first-order valence-corrected chi connectivity index (χ1v) is 7.57. The van der Waals surface area contributed by atoms with Gasteiger partial charge in [0, 0.05) is 16.8 Å². The average molecular weight is 294 g/mol. The molecule has 0 unspecified atom stereocenters. The van der Waals surface area contributed by atoms with Gasteiger partial charge in [-0.15, -0.1) is 0 Å². The Morgan fingerprint density at radius 1 is 1.05 bits per heavy atom. The maximum Gasteiger partial charge on any atom is 0.139 e. The molecule has 0 aliphatic heterocycles. The first kappa shape index (κ1) is 14.0. The molecule has 1 N–H and O–H groups in total. The van der Waals surface area contributed by atoms with Crippen LogP contribution in [0.1, 0.15) is 31.0 Å². The minimum atomic E-state index is 0.378. The summed E-state index contributed by atoms with van der Waals surface area (Å²) in [5.41, 5.74) is 3.33. The topological polar surface area (TPSA) is 28.7 Å². The molecule has 0 aliphatic carbocycles. The van der Waals surface area contributed by atoms with E-state index in [9.17, 15) is 0 Å². The Kier molecular flexibility index (Phi) is 3.60. The monoisotopic (exact) mass is 294 g/mol. The van der Waals surface area contributed by atoms with E-state index in [-0.39, 0.29) is 0 Å². The van der Waals surface area contributed by atoms with Gasteiger partial charge in [-0.3, -0.25) is 0 Å². The number of aromatic nitrogens is 2. The summed E-state index contributed by atoms with van der Waals surface area (Å²) in [6.45, 7) is 6.36. The van der Waals surface area contributed by atoms with Gasteiger partial charge in [0.05, 0.1) is 0 Å². The Labute approximate surface area is 129 Å². The van der Waals surface area contributed by atoms with Crippen molar-refractivity contribution in [1.82, 2.24) is 9.97 Å². The lowest BCUT2D eigenvalue weighted by atomic mass is 10.0. The Bertz CT molecular complexity index is 857. The zero-order valence-electron chi connectivity index (χ0n) is 12.5. The fourth-order valence-corrected chi connectivity index (χ4v) is 3.31. The van der Waals surface area contributed by atoms with E-state index >= 15 is 0 Å². The molecule has 2 aromatic carbocycles.